The number of thiocarbonyl (C=S) groups is 2. The lowest BCUT2D eigenvalue weighted by Crippen LogP contribution is -2.11. The lowest BCUT2D eigenvalue weighted by atomic mass is 10.0. The van der Waals surface area contributed by atoms with Gasteiger partial charge in [-0.25, -0.2) is 9.59 Å². The van der Waals surface area contributed by atoms with Crippen LogP contribution in [0, 0.1) is 0 Å². The minimum atomic E-state index is -0.969. The van der Waals surface area contributed by atoms with Gasteiger partial charge in [0.05, 0.1) is 16.1 Å². The monoisotopic (exact) mass is 493 g/mol. The molecule has 0 atom stereocenters. The first kappa shape index (κ1) is 26.5. The molecule has 0 spiro atoms. The Bertz CT molecular complexity index is 1210. The molecule has 8 heteroatoms. The number of carboxylic acids is 2. The van der Waals surface area contributed by atoms with E-state index in [-0.39, 0.29) is 23.3 Å². The number of Topliss-reactive ketones (excluding diaryl/α,β-unsaturated/α-hetero) is 1. The molecule has 3 aromatic rings. The lowest BCUT2D eigenvalue weighted by molar-refractivity contribution is 0.0686. The van der Waals surface area contributed by atoms with Gasteiger partial charge in [-0.2, -0.15) is 0 Å². The van der Waals surface area contributed by atoms with Crippen LogP contribution in [0.2, 0.25) is 0 Å². The van der Waals surface area contributed by atoms with Gasteiger partial charge in [-0.3, -0.25) is 4.79 Å². The third-order valence-corrected chi connectivity index (χ3v) is 5.01. The first-order valence-corrected chi connectivity index (χ1v) is 11.0. The molecule has 0 fully saturated rings. The van der Waals surface area contributed by atoms with E-state index in [2.05, 4.69) is 0 Å². The van der Waals surface area contributed by atoms with Crippen LogP contribution in [0.5, 0.6) is 0 Å². The summed E-state index contributed by atoms with van der Waals surface area (Å²) in [7, 11) is 0. The van der Waals surface area contributed by atoms with Crippen LogP contribution >= 0.6 is 24.4 Å². The van der Waals surface area contributed by atoms with E-state index in [0.717, 1.165) is 11.1 Å². The molecule has 3 rings (SSSR count). The number of hydrogen-bond acceptors (Lipinski definition) is 5. The number of carbonyl (C=O) groups is 3. The highest BCUT2D eigenvalue weighted by atomic mass is 32.1. The molecule has 6 nitrogen and oxygen atoms in total. The molecule has 0 heterocycles. The van der Waals surface area contributed by atoms with E-state index in [1.807, 2.05) is 24.3 Å². The lowest BCUT2D eigenvalue weighted by Gasteiger charge is -2.05. The Labute approximate surface area is 208 Å². The summed E-state index contributed by atoms with van der Waals surface area (Å²) < 4.78 is 0. The fourth-order valence-electron chi connectivity index (χ4n) is 3.03. The van der Waals surface area contributed by atoms with Crippen molar-refractivity contribution in [1.29, 1.82) is 0 Å². The van der Waals surface area contributed by atoms with Crippen LogP contribution in [0.3, 0.4) is 0 Å². The van der Waals surface area contributed by atoms with Crippen molar-refractivity contribution in [3.8, 4) is 0 Å². The van der Waals surface area contributed by atoms with Crippen LogP contribution in [0.25, 0.3) is 0 Å². The Morgan fingerprint density at radius 1 is 0.676 bits per heavy atom. The summed E-state index contributed by atoms with van der Waals surface area (Å²) in [5, 5.41) is 17.6. The summed E-state index contributed by atoms with van der Waals surface area (Å²) in [5.41, 5.74) is 8.09. The topological polar surface area (TPSA) is 118 Å². The third kappa shape index (κ3) is 9.01. The van der Waals surface area contributed by atoms with Crippen LogP contribution < -0.4 is 5.73 Å². The maximum absolute atomic E-state index is 12.0. The second-order valence-electron chi connectivity index (χ2n) is 7.34. The highest BCUT2D eigenvalue weighted by molar-refractivity contribution is 7.80. The highest BCUT2D eigenvalue weighted by Crippen LogP contribution is 2.11. The molecule has 0 aliphatic rings. The summed E-state index contributed by atoms with van der Waals surface area (Å²) in [5.74, 6) is -1.93. The Morgan fingerprint density at radius 2 is 1.15 bits per heavy atom. The van der Waals surface area contributed by atoms with Gasteiger partial charge < -0.3 is 15.9 Å². The molecule has 4 N–H and O–H groups in total. The molecular formula is C26H23NO5S2. The normalized spacial score (nSPS) is 9.88. The maximum Gasteiger partial charge on any atom is 0.335 e. The van der Waals surface area contributed by atoms with Crippen molar-refractivity contribution in [2.75, 3.05) is 0 Å². The zero-order valence-electron chi connectivity index (χ0n) is 18.1. The zero-order valence-corrected chi connectivity index (χ0v) is 19.8. The summed E-state index contributed by atoms with van der Waals surface area (Å²) >= 11 is 9.97. The van der Waals surface area contributed by atoms with Gasteiger partial charge in [0.2, 0.25) is 0 Å². The zero-order chi connectivity index (χ0) is 25.1. The minimum absolute atomic E-state index is 0.0185. The van der Waals surface area contributed by atoms with Crippen molar-refractivity contribution in [3.63, 3.8) is 0 Å². The number of carboxylic acid groups (broad SMARTS) is 2. The van der Waals surface area contributed by atoms with Gasteiger partial charge in [0.15, 0.2) is 5.78 Å². The quantitative estimate of drug-likeness (QED) is 0.288. The predicted octanol–water partition coefficient (Wildman–Crippen LogP) is 4.78. The van der Waals surface area contributed by atoms with Gasteiger partial charge in [0.1, 0.15) is 0 Å². The van der Waals surface area contributed by atoms with Gasteiger partial charge >= 0.3 is 11.9 Å². The van der Waals surface area contributed by atoms with Crippen molar-refractivity contribution in [2.24, 2.45) is 5.73 Å². The molecule has 0 unspecified atom stereocenters. The number of nitrogens with two attached hydrogens (primary N) is 1. The molecule has 0 bridgehead atoms. The molecule has 0 amide bonds. The first-order chi connectivity index (χ1) is 16.2. The number of rotatable bonds is 9. The number of carbonyl (C=O) groups excluding carboxylic acids is 1. The number of aromatic carboxylic acids is 2. The highest BCUT2D eigenvalue weighted by Gasteiger charge is 2.10. The van der Waals surface area contributed by atoms with Crippen molar-refractivity contribution in [3.05, 3.63) is 107 Å². The minimum Gasteiger partial charge on any atom is -0.478 e. The SMILES string of the molecule is NC(=S)Cc1cccc(C(=O)O)c1.O=C(O)c1cccc(CC(=S)CC(=O)c2ccccc2)c1. The molecule has 0 saturated heterocycles. The van der Waals surface area contributed by atoms with Gasteiger partial charge in [0, 0.05) is 29.7 Å². The number of ketones is 1. The largest absolute Gasteiger partial charge is 0.478 e. The molecule has 0 aromatic heterocycles. The maximum atomic E-state index is 12.0. The third-order valence-electron chi connectivity index (χ3n) is 4.58. The molecule has 0 radical (unpaired) electrons. The molecular weight excluding hydrogens is 470 g/mol. The van der Waals surface area contributed by atoms with Gasteiger partial charge in [-0.15, -0.1) is 0 Å². The first-order valence-electron chi connectivity index (χ1n) is 10.2. The van der Waals surface area contributed by atoms with Crippen molar-refractivity contribution in [2.45, 2.75) is 19.3 Å². The standard InChI is InChI=1S/C17H14O3S.C9H9NO2S/c18-16(13-6-2-1-3-7-13)11-15(21)10-12-5-4-8-14(9-12)17(19)20;10-8(13)5-6-2-1-3-7(4-6)9(11)12/h1-9H,10-11H2,(H,19,20);1-4H,5H2,(H2,10,13)(H,11,12). The molecule has 0 aliphatic carbocycles. The Hall–Kier alpha value is -3.75. The van der Waals surface area contributed by atoms with E-state index in [0.29, 0.717) is 28.3 Å². The average Bonchev–Trinajstić information content (AvgIpc) is 2.80. The van der Waals surface area contributed by atoms with Crippen molar-refractivity contribution >= 4 is 52.0 Å². The van der Waals surface area contributed by atoms with Gasteiger partial charge in [0.25, 0.3) is 0 Å². The fraction of sp³-hybridized carbons (Fsp3) is 0.115. The van der Waals surface area contributed by atoms with Crippen LogP contribution in [0.15, 0.2) is 78.9 Å². The van der Waals surface area contributed by atoms with Crippen LogP contribution in [-0.2, 0) is 12.8 Å². The van der Waals surface area contributed by atoms with E-state index < -0.39 is 11.9 Å². The van der Waals surface area contributed by atoms with E-state index in [1.165, 1.54) is 12.1 Å². The van der Waals surface area contributed by atoms with Crippen LogP contribution in [0.1, 0.15) is 48.6 Å². The Morgan fingerprint density at radius 3 is 1.62 bits per heavy atom. The molecule has 0 saturated carbocycles. The summed E-state index contributed by atoms with van der Waals surface area (Å²) in [4.78, 5) is 34.5. The molecule has 0 aliphatic heterocycles. The molecule has 3 aromatic carbocycles. The fourth-order valence-corrected chi connectivity index (χ4v) is 3.49. The van der Waals surface area contributed by atoms with Crippen molar-refractivity contribution < 1.29 is 24.6 Å². The van der Waals surface area contributed by atoms with E-state index in [9.17, 15) is 14.4 Å². The Balaban J connectivity index is 0.000000270. The molecule has 34 heavy (non-hydrogen) atoms. The van der Waals surface area contributed by atoms with Crippen LogP contribution in [0.4, 0.5) is 0 Å². The summed E-state index contributed by atoms with van der Waals surface area (Å²) in [6.07, 6.45) is 1.06. The van der Waals surface area contributed by atoms with E-state index >= 15 is 0 Å². The van der Waals surface area contributed by atoms with Crippen molar-refractivity contribution in [1.82, 2.24) is 0 Å². The number of benzene rings is 3. The van der Waals surface area contributed by atoms with Gasteiger partial charge in [-0.05, 0) is 35.4 Å². The van der Waals surface area contributed by atoms with Crippen LogP contribution in [-0.4, -0.2) is 37.8 Å². The second-order valence-corrected chi connectivity index (χ2v) is 8.44. The average molecular weight is 494 g/mol. The number of hydrogen-bond donors (Lipinski definition) is 3. The van der Waals surface area contributed by atoms with Gasteiger partial charge in [-0.1, -0.05) is 79.0 Å². The predicted molar refractivity (Wildman–Crippen MR) is 139 cm³/mol. The van der Waals surface area contributed by atoms with E-state index in [4.69, 9.17) is 40.4 Å². The summed E-state index contributed by atoms with van der Waals surface area (Å²) in [6.45, 7) is 0. The molecule has 174 valence electrons. The Kier molecular flexibility index (Phi) is 10.2. The van der Waals surface area contributed by atoms with E-state index in [1.54, 1.807) is 42.5 Å². The smallest absolute Gasteiger partial charge is 0.335 e. The summed E-state index contributed by atoms with van der Waals surface area (Å²) in [6, 6.07) is 22.2. The second kappa shape index (κ2) is 13.1.